The number of nitrogens with two attached hydrogens (primary N) is 1. The van der Waals surface area contributed by atoms with Crippen LogP contribution in [0.3, 0.4) is 0 Å². The van der Waals surface area contributed by atoms with Crippen molar-refractivity contribution in [3.63, 3.8) is 0 Å². The molecule has 0 unspecified atom stereocenters. The SMILES string of the molecule is CC(=O)[C@]1(N)Cc2c(O)c3c(c(O)c2[C@H](O[C@@H]2C[C@@H](O)[C@H](O)CO2)C1)C(=O)c1ccccc1C3=O. The maximum atomic E-state index is 13.3. The number of carbonyl (C=O) groups excluding carboxylic acids is 3. The minimum atomic E-state index is -1.50. The molecule has 0 amide bonds. The normalized spacial score (nSPS) is 29.8. The van der Waals surface area contributed by atoms with E-state index in [1.807, 2.05) is 0 Å². The van der Waals surface area contributed by atoms with Crippen molar-refractivity contribution in [2.45, 2.75) is 56.3 Å². The van der Waals surface area contributed by atoms with Gasteiger partial charge in [-0.1, -0.05) is 24.3 Å². The number of benzene rings is 2. The fourth-order valence-electron chi connectivity index (χ4n) is 5.13. The summed E-state index contributed by atoms with van der Waals surface area (Å²) in [7, 11) is 0. The number of phenols is 2. The lowest BCUT2D eigenvalue weighted by molar-refractivity contribution is -0.238. The summed E-state index contributed by atoms with van der Waals surface area (Å²) < 4.78 is 11.4. The van der Waals surface area contributed by atoms with Gasteiger partial charge in [-0.2, -0.15) is 0 Å². The molecule has 1 fully saturated rings. The summed E-state index contributed by atoms with van der Waals surface area (Å²) in [6.45, 7) is 1.09. The first-order valence-corrected chi connectivity index (χ1v) is 11.3. The Balaban J connectivity index is 1.67. The van der Waals surface area contributed by atoms with E-state index < -0.39 is 59.0 Å². The van der Waals surface area contributed by atoms with Gasteiger partial charge in [-0.25, -0.2) is 0 Å². The lowest BCUT2D eigenvalue weighted by Crippen LogP contribution is -2.53. The molecule has 3 aliphatic rings. The lowest BCUT2D eigenvalue weighted by atomic mass is 9.71. The molecule has 1 aliphatic heterocycles. The second-order valence-corrected chi connectivity index (χ2v) is 9.39. The zero-order valence-electron chi connectivity index (χ0n) is 18.9. The Morgan fingerprint density at radius 3 is 2.23 bits per heavy atom. The van der Waals surface area contributed by atoms with Crippen LogP contribution in [0.2, 0.25) is 0 Å². The van der Waals surface area contributed by atoms with Gasteiger partial charge in [0.15, 0.2) is 17.9 Å². The van der Waals surface area contributed by atoms with Crippen LogP contribution in [0.4, 0.5) is 0 Å². The number of aliphatic hydroxyl groups is 2. The highest BCUT2D eigenvalue weighted by Crippen LogP contribution is 2.51. The number of aliphatic hydroxyl groups excluding tert-OH is 2. The van der Waals surface area contributed by atoms with Gasteiger partial charge in [-0.05, 0) is 6.92 Å². The molecule has 10 heteroatoms. The highest BCUT2D eigenvalue weighted by atomic mass is 16.7. The monoisotopic (exact) mass is 483 g/mol. The fraction of sp³-hybridized carbons (Fsp3) is 0.400. The van der Waals surface area contributed by atoms with Crippen LogP contribution in [0, 0.1) is 0 Å². The first-order valence-electron chi connectivity index (χ1n) is 11.3. The van der Waals surface area contributed by atoms with E-state index >= 15 is 0 Å². The molecular formula is C25H25NO9. The Kier molecular flexibility index (Phi) is 5.53. The van der Waals surface area contributed by atoms with E-state index in [0.29, 0.717) is 0 Å². The van der Waals surface area contributed by atoms with Gasteiger partial charge in [0.1, 0.15) is 23.4 Å². The highest BCUT2D eigenvalue weighted by Gasteiger charge is 2.48. The van der Waals surface area contributed by atoms with Gasteiger partial charge >= 0.3 is 0 Å². The van der Waals surface area contributed by atoms with Gasteiger partial charge in [0, 0.05) is 41.5 Å². The summed E-state index contributed by atoms with van der Waals surface area (Å²) in [5, 5.41) is 42.3. The van der Waals surface area contributed by atoms with Gasteiger partial charge in [0.2, 0.25) is 0 Å². The third-order valence-corrected chi connectivity index (χ3v) is 7.17. The number of fused-ring (bicyclic) bond motifs is 3. The van der Waals surface area contributed by atoms with E-state index in [2.05, 4.69) is 0 Å². The van der Waals surface area contributed by atoms with Crippen LogP contribution in [0.1, 0.15) is 68.8 Å². The van der Waals surface area contributed by atoms with Gasteiger partial charge in [0.05, 0.1) is 35.5 Å². The smallest absolute Gasteiger partial charge is 0.198 e. The van der Waals surface area contributed by atoms with E-state index in [-0.39, 0.29) is 59.3 Å². The Bertz CT molecular complexity index is 1270. The van der Waals surface area contributed by atoms with E-state index in [1.165, 1.54) is 19.1 Å². The lowest BCUT2D eigenvalue weighted by Gasteiger charge is -2.41. The molecule has 6 N–H and O–H groups in total. The number of rotatable bonds is 3. The molecule has 10 nitrogen and oxygen atoms in total. The summed E-state index contributed by atoms with van der Waals surface area (Å²) >= 11 is 0. The summed E-state index contributed by atoms with van der Waals surface area (Å²) in [6, 6.07) is 6.10. The summed E-state index contributed by atoms with van der Waals surface area (Å²) in [6.07, 6.45) is -4.74. The van der Waals surface area contributed by atoms with Crippen molar-refractivity contribution in [1.29, 1.82) is 0 Å². The molecule has 0 radical (unpaired) electrons. The Labute approximate surface area is 199 Å². The average molecular weight is 483 g/mol. The number of ketones is 3. The zero-order chi connectivity index (χ0) is 25.2. The molecule has 2 aromatic carbocycles. The van der Waals surface area contributed by atoms with Gasteiger partial charge < -0.3 is 35.6 Å². The largest absolute Gasteiger partial charge is 0.507 e. The van der Waals surface area contributed by atoms with Crippen LogP contribution in [-0.2, 0) is 20.7 Å². The van der Waals surface area contributed by atoms with E-state index in [4.69, 9.17) is 15.2 Å². The number of Topliss-reactive ketones (excluding diaryl/α,β-unsaturated/α-hetero) is 1. The van der Waals surface area contributed by atoms with Crippen molar-refractivity contribution in [1.82, 2.24) is 0 Å². The van der Waals surface area contributed by atoms with Crippen LogP contribution in [-0.4, -0.2) is 68.4 Å². The van der Waals surface area contributed by atoms with Gasteiger partial charge in [-0.15, -0.1) is 0 Å². The van der Waals surface area contributed by atoms with Gasteiger partial charge in [0.25, 0.3) is 0 Å². The van der Waals surface area contributed by atoms with Crippen molar-refractivity contribution in [3.8, 4) is 11.5 Å². The summed E-state index contributed by atoms with van der Waals surface area (Å²) in [5.41, 5.74) is 4.47. The number of hydrogen-bond donors (Lipinski definition) is 5. The number of phenolic OH excluding ortho intramolecular Hbond substituents is 2. The molecule has 1 heterocycles. The molecule has 0 aromatic heterocycles. The van der Waals surface area contributed by atoms with E-state index in [0.717, 1.165) is 0 Å². The summed E-state index contributed by atoms with van der Waals surface area (Å²) in [4.78, 5) is 39.0. The molecule has 1 saturated heterocycles. The second kappa shape index (κ2) is 8.21. The molecule has 0 bridgehead atoms. The highest BCUT2D eigenvalue weighted by molar-refractivity contribution is 6.30. The van der Waals surface area contributed by atoms with Crippen LogP contribution >= 0.6 is 0 Å². The minimum absolute atomic E-state index is 0.0344. The predicted molar refractivity (Wildman–Crippen MR) is 119 cm³/mol. The van der Waals surface area contributed by atoms with Crippen molar-refractivity contribution >= 4 is 17.3 Å². The maximum Gasteiger partial charge on any atom is 0.198 e. The van der Waals surface area contributed by atoms with Crippen LogP contribution in [0.15, 0.2) is 24.3 Å². The third kappa shape index (κ3) is 3.57. The van der Waals surface area contributed by atoms with Crippen molar-refractivity contribution < 1.29 is 44.3 Å². The predicted octanol–water partition coefficient (Wildman–Crippen LogP) is 0.632. The quantitative estimate of drug-likeness (QED) is 0.332. The standard InChI is InChI=1S/C25H25NO9/c1-10(27)25(26)7-13-18(16(8-25)35-17-6-14(28)15(29)9-34-17)24(33)20-19(23(13)32)21(30)11-4-2-3-5-12(11)22(20)31/h2-5,14-17,28-29,32-33H,6-9,26H2,1H3/t14-,15-,16-,17-,25+/m1/s1. The molecule has 0 saturated carbocycles. The minimum Gasteiger partial charge on any atom is -0.507 e. The Morgan fingerprint density at radius 1 is 1.06 bits per heavy atom. The number of aromatic hydroxyl groups is 2. The van der Waals surface area contributed by atoms with Gasteiger partial charge in [-0.3, -0.25) is 14.4 Å². The number of ether oxygens (including phenoxy) is 2. The molecule has 5 atom stereocenters. The zero-order valence-corrected chi connectivity index (χ0v) is 18.9. The molecule has 5 rings (SSSR count). The van der Waals surface area contributed by atoms with Crippen LogP contribution < -0.4 is 5.73 Å². The third-order valence-electron chi connectivity index (χ3n) is 7.17. The number of hydrogen-bond acceptors (Lipinski definition) is 10. The molecule has 2 aromatic rings. The molecular weight excluding hydrogens is 458 g/mol. The van der Waals surface area contributed by atoms with E-state index in [1.54, 1.807) is 12.1 Å². The molecule has 0 spiro atoms. The fourth-order valence-corrected chi connectivity index (χ4v) is 5.13. The van der Waals surface area contributed by atoms with Crippen molar-refractivity contribution in [2.75, 3.05) is 6.61 Å². The topological polar surface area (TPSA) is 177 Å². The Morgan fingerprint density at radius 2 is 1.66 bits per heavy atom. The van der Waals surface area contributed by atoms with Crippen LogP contribution in [0.25, 0.3) is 0 Å². The average Bonchev–Trinajstić information content (AvgIpc) is 2.82. The van der Waals surface area contributed by atoms with E-state index in [9.17, 15) is 34.8 Å². The van der Waals surface area contributed by atoms with Crippen molar-refractivity contribution in [3.05, 3.63) is 57.6 Å². The second-order valence-electron chi connectivity index (χ2n) is 9.39. The van der Waals surface area contributed by atoms with Crippen LogP contribution in [0.5, 0.6) is 11.5 Å². The Hall–Kier alpha value is -3.15. The first kappa shape index (κ1) is 23.6. The first-order chi connectivity index (χ1) is 16.5. The molecule has 2 aliphatic carbocycles. The summed E-state index contributed by atoms with van der Waals surface area (Å²) in [5.74, 6) is -2.74. The van der Waals surface area contributed by atoms with Crippen molar-refractivity contribution in [2.24, 2.45) is 5.73 Å². The maximum absolute atomic E-state index is 13.3. The number of carbonyl (C=O) groups is 3. The molecule has 184 valence electrons. The molecule has 35 heavy (non-hydrogen) atoms.